The molecule has 1 aromatic carbocycles. The Labute approximate surface area is 106 Å². The van der Waals surface area contributed by atoms with Crippen LogP contribution in [-0.2, 0) is 6.54 Å². The number of aromatic nitrogens is 3. The number of ether oxygens (including phenoxy) is 1. The van der Waals surface area contributed by atoms with E-state index < -0.39 is 0 Å². The molecule has 0 saturated heterocycles. The van der Waals surface area contributed by atoms with Crippen LogP contribution in [0.1, 0.15) is 30.1 Å². The number of anilines is 1. The molecule has 3 rings (SSSR count). The smallest absolute Gasteiger partial charge is 0.219 e. The summed E-state index contributed by atoms with van der Waals surface area (Å²) in [6.45, 7) is 0.648. The molecule has 94 valence electrons. The molecule has 0 bridgehead atoms. The monoisotopic (exact) mass is 244 g/mol. The van der Waals surface area contributed by atoms with E-state index in [0.29, 0.717) is 18.4 Å². The molecule has 5 nitrogen and oxygen atoms in total. The van der Waals surface area contributed by atoms with Gasteiger partial charge in [-0.2, -0.15) is 10.1 Å². The Morgan fingerprint density at radius 1 is 1.33 bits per heavy atom. The van der Waals surface area contributed by atoms with E-state index >= 15 is 0 Å². The molecule has 0 unspecified atom stereocenters. The highest BCUT2D eigenvalue weighted by Crippen LogP contribution is 2.38. The van der Waals surface area contributed by atoms with Crippen molar-refractivity contribution in [1.29, 1.82) is 0 Å². The number of hydrogen-bond donors (Lipinski definition) is 1. The molecule has 2 N–H and O–H groups in total. The lowest BCUT2D eigenvalue weighted by Gasteiger charge is -2.04. The maximum absolute atomic E-state index is 5.88. The zero-order valence-corrected chi connectivity index (χ0v) is 10.3. The van der Waals surface area contributed by atoms with Gasteiger partial charge in [-0.05, 0) is 30.5 Å². The van der Waals surface area contributed by atoms with E-state index in [2.05, 4.69) is 10.1 Å². The largest absolute Gasteiger partial charge is 0.497 e. The first-order chi connectivity index (χ1) is 8.76. The number of nitrogens with two attached hydrogens (primary N) is 1. The van der Waals surface area contributed by atoms with Crippen molar-refractivity contribution in [2.45, 2.75) is 25.3 Å². The summed E-state index contributed by atoms with van der Waals surface area (Å²) >= 11 is 0. The molecule has 0 atom stereocenters. The molecular formula is C13H16N4O. The molecule has 0 spiro atoms. The van der Waals surface area contributed by atoms with Crippen LogP contribution in [0, 0.1) is 0 Å². The fraction of sp³-hybridized carbons (Fsp3) is 0.385. The SMILES string of the molecule is COc1ccc(Cn2nc(C3CC3)nc2N)cc1. The molecule has 18 heavy (non-hydrogen) atoms. The Kier molecular flexibility index (Phi) is 2.66. The van der Waals surface area contributed by atoms with Crippen molar-refractivity contribution in [1.82, 2.24) is 14.8 Å². The van der Waals surface area contributed by atoms with Crippen LogP contribution in [-0.4, -0.2) is 21.9 Å². The van der Waals surface area contributed by atoms with Crippen molar-refractivity contribution in [2.75, 3.05) is 12.8 Å². The minimum atomic E-state index is 0.493. The first-order valence-electron chi connectivity index (χ1n) is 6.09. The van der Waals surface area contributed by atoms with Gasteiger partial charge in [-0.1, -0.05) is 12.1 Å². The van der Waals surface area contributed by atoms with Crippen molar-refractivity contribution in [3.8, 4) is 5.75 Å². The van der Waals surface area contributed by atoms with E-state index in [1.54, 1.807) is 11.8 Å². The molecule has 1 saturated carbocycles. The topological polar surface area (TPSA) is 66.0 Å². The third kappa shape index (κ3) is 2.16. The summed E-state index contributed by atoms with van der Waals surface area (Å²) in [5, 5.41) is 4.46. The fourth-order valence-corrected chi connectivity index (χ4v) is 1.91. The molecule has 1 aliphatic rings. The summed E-state index contributed by atoms with van der Waals surface area (Å²) in [6.07, 6.45) is 2.37. The molecule has 1 fully saturated rings. The molecule has 0 radical (unpaired) electrons. The summed E-state index contributed by atoms with van der Waals surface area (Å²) in [5.41, 5.74) is 7.01. The van der Waals surface area contributed by atoms with Crippen LogP contribution >= 0.6 is 0 Å². The molecule has 0 amide bonds. The van der Waals surface area contributed by atoms with Crippen molar-refractivity contribution in [2.24, 2.45) is 0 Å². The van der Waals surface area contributed by atoms with Gasteiger partial charge in [0.05, 0.1) is 13.7 Å². The quantitative estimate of drug-likeness (QED) is 0.890. The molecule has 2 aromatic rings. The Bertz CT molecular complexity index is 543. The van der Waals surface area contributed by atoms with Crippen LogP contribution < -0.4 is 10.5 Å². The van der Waals surface area contributed by atoms with Gasteiger partial charge in [0.1, 0.15) is 5.75 Å². The van der Waals surface area contributed by atoms with Gasteiger partial charge in [-0.15, -0.1) is 0 Å². The Balaban J connectivity index is 1.78. The highest BCUT2D eigenvalue weighted by atomic mass is 16.5. The maximum atomic E-state index is 5.88. The normalized spacial score (nSPS) is 14.7. The minimum Gasteiger partial charge on any atom is -0.497 e. The first-order valence-corrected chi connectivity index (χ1v) is 6.09. The molecule has 1 heterocycles. The van der Waals surface area contributed by atoms with E-state index in [9.17, 15) is 0 Å². The van der Waals surface area contributed by atoms with E-state index in [1.165, 1.54) is 12.8 Å². The third-order valence-electron chi connectivity index (χ3n) is 3.15. The number of hydrogen-bond acceptors (Lipinski definition) is 4. The molecular weight excluding hydrogens is 228 g/mol. The number of benzene rings is 1. The zero-order chi connectivity index (χ0) is 12.5. The molecule has 5 heteroatoms. The summed E-state index contributed by atoms with van der Waals surface area (Å²) in [4.78, 5) is 4.31. The lowest BCUT2D eigenvalue weighted by Crippen LogP contribution is -2.06. The van der Waals surface area contributed by atoms with Crippen LogP contribution in [0.5, 0.6) is 5.75 Å². The van der Waals surface area contributed by atoms with Crippen molar-refractivity contribution in [3.05, 3.63) is 35.7 Å². The number of methoxy groups -OCH3 is 1. The summed E-state index contributed by atoms with van der Waals surface area (Å²) in [6, 6.07) is 7.89. The van der Waals surface area contributed by atoms with Crippen LogP contribution in [0.4, 0.5) is 5.95 Å². The van der Waals surface area contributed by atoms with Gasteiger partial charge < -0.3 is 10.5 Å². The summed E-state index contributed by atoms with van der Waals surface area (Å²) in [5.74, 6) is 2.77. The Hall–Kier alpha value is -2.04. The fourth-order valence-electron chi connectivity index (χ4n) is 1.91. The lowest BCUT2D eigenvalue weighted by atomic mass is 10.2. The van der Waals surface area contributed by atoms with Gasteiger partial charge in [-0.3, -0.25) is 0 Å². The average Bonchev–Trinajstić information content (AvgIpc) is 3.17. The summed E-state index contributed by atoms with van der Waals surface area (Å²) in [7, 11) is 1.66. The second-order valence-corrected chi connectivity index (χ2v) is 4.61. The zero-order valence-electron chi connectivity index (χ0n) is 10.3. The van der Waals surface area contributed by atoms with Crippen molar-refractivity contribution >= 4 is 5.95 Å². The van der Waals surface area contributed by atoms with Gasteiger partial charge in [0.15, 0.2) is 5.82 Å². The Morgan fingerprint density at radius 3 is 2.67 bits per heavy atom. The van der Waals surface area contributed by atoms with E-state index in [0.717, 1.165) is 17.1 Å². The van der Waals surface area contributed by atoms with E-state index in [-0.39, 0.29) is 0 Å². The summed E-state index contributed by atoms with van der Waals surface area (Å²) < 4.78 is 6.89. The minimum absolute atomic E-state index is 0.493. The van der Waals surface area contributed by atoms with Gasteiger partial charge in [-0.25, -0.2) is 4.68 Å². The average molecular weight is 244 g/mol. The second kappa shape index (κ2) is 4.33. The predicted molar refractivity (Wildman–Crippen MR) is 68.5 cm³/mol. The van der Waals surface area contributed by atoms with Crippen molar-refractivity contribution in [3.63, 3.8) is 0 Å². The Morgan fingerprint density at radius 2 is 2.06 bits per heavy atom. The molecule has 1 aliphatic carbocycles. The lowest BCUT2D eigenvalue weighted by molar-refractivity contribution is 0.414. The van der Waals surface area contributed by atoms with Crippen molar-refractivity contribution < 1.29 is 4.74 Å². The molecule has 1 aromatic heterocycles. The maximum Gasteiger partial charge on any atom is 0.219 e. The predicted octanol–water partition coefficient (Wildman–Crippen LogP) is 1.79. The van der Waals surface area contributed by atoms with E-state index in [4.69, 9.17) is 10.5 Å². The van der Waals surface area contributed by atoms with E-state index in [1.807, 2.05) is 24.3 Å². The number of nitrogens with zero attached hydrogens (tertiary/aromatic N) is 3. The highest BCUT2D eigenvalue weighted by molar-refractivity contribution is 5.28. The second-order valence-electron chi connectivity index (χ2n) is 4.61. The number of nitrogen functional groups attached to an aromatic ring is 1. The third-order valence-corrected chi connectivity index (χ3v) is 3.15. The van der Waals surface area contributed by atoms with Gasteiger partial charge in [0.2, 0.25) is 5.95 Å². The van der Waals surface area contributed by atoms with Gasteiger partial charge in [0.25, 0.3) is 0 Å². The standard InChI is InChI=1S/C13H16N4O/c1-18-11-6-2-9(3-7-11)8-17-13(14)15-12(16-17)10-4-5-10/h2-3,6-7,10H,4-5,8H2,1H3,(H2,14,15,16). The first kappa shape index (κ1) is 11.1. The highest BCUT2D eigenvalue weighted by Gasteiger charge is 2.28. The van der Waals surface area contributed by atoms with Crippen LogP contribution in [0.3, 0.4) is 0 Å². The molecule has 0 aliphatic heterocycles. The van der Waals surface area contributed by atoms with Crippen LogP contribution in [0.2, 0.25) is 0 Å². The number of rotatable bonds is 4. The van der Waals surface area contributed by atoms with Crippen LogP contribution in [0.25, 0.3) is 0 Å². The van der Waals surface area contributed by atoms with Gasteiger partial charge in [0, 0.05) is 5.92 Å². The van der Waals surface area contributed by atoms with Crippen LogP contribution in [0.15, 0.2) is 24.3 Å². The van der Waals surface area contributed by atoms with Gasteiger partial charge >= 0.3 is 0 Å².